The third-order valence-corrected chi connectivity index (χ3v) is 5.66. The Balaban J connectivity index is 1.22. The fourth-order valence-electron chi connectivity index (χ4n) is 3.35. The van der Waals surface area contributed by atoms with Gasteiger partial charge in [0.15, 0.2) is 0 Å². The Morgan fingerprint density at radius 3 is 2.54 bits per heavy atom. The minimum atomic E-state index is 0.0268. The van der Waals surface area contributed by atoms with E-state index in [0.29, 0.717) is 6.54 Å². The van der Waals surface area contributed by atoms with E-state index in [1.807, 2.05) is 42.0 Å². The molecule has 4 rings (SSSR count). The van der Waals surface area contributed by atoms with E-state index in [-0.39, 0.29) is 5.91 Å². The highest BCUT2D eigenvalue weighted by Crippen LogP contribution is 2.14. The molecule has 1 saturated heterocycles. The molecule has 3 heterocycles. The first kappa shape index (κ1) is 18.8. The number of carbonyl (C=O) groups is 1. The van der Waals surface area contributed by atoms with Gasteiger partial charge in [-0.1, -0.05) is 0 Å². The van der Waals surface area contributed by atoms with Crippen molar-refractivity contribution >= 4 is 22.9 Å². The molecule has 1 aromatic carbocycles. The van der Waals surface area contributed by atoms with Crippen LogP contribution in [0.25, 0.3) is 5.69 Å². The van der Waals surface area contributed by atoms with Gasteiger partial charge in [-0.05, 0) is 31.2 Å². The Morgan fingerprint density at radius 1 is 1.14 bits per heavy atom. The number of anilines is 1. The van der Waals surface area contributed by atoms with Gasteiger partial charge >= 0.3 is 0 Å². The molecule has 0 saturated carbocycles. The Kier molecular flexibility index (Phi) is 5.80. The number of nitrogens with one attached hydrogen (secondary N) is 1. The van der Waals surface area contributed by atoms with Crippen LogP contribution in [-0.2, 0) is 11.3 Å². The van der Waals surface area contributed by atoms with E-state index in [9.17, 15) is 4.79 Å². The van der Waals surface area contributed by atoms with Crippen LogP contribution in [0.15, 0.2) is 48.4 Å². The first-order valence-corrected chi connectivity index (χ1v) is 10.3. The second kappa shape index (κ2) is 8.64. The maximum absolute atomic E-state index is 12.4. The number of piperazine rings is 1. The van der Waals surface area contributed by atoms with Crippen molar-refractivity contribution in [3.05, 3.63) is 59.1 Å². The van der Waals surface area contributed by atoms with Crippen LogP contribution in [0.1, 0.15) is 10.7 Å². The maximum Gasteiger partial charge on any atom is 0.238 e. The highest BCUT2D eigenvalue weighted by molar-refractivity contribution is 7.09. The zero-order chi connectivity index (χ0) is 19.3. The average molecular weight is 397 g/mol. The van der Waals surface area contributed by atoms with Gasteiger partial charge in [-0.25, -0.2) is 9.97 Å². The summed E-state index contributed by atoms with van der Waals surface area (Å²) in [6, 6.07) is 7.77. The van der Waals surface area contributed by atoms with Gasteiger partial charge in [0, 0.05) is 61.9 Å². The van der Waals surface area contributed by atoms with Gasteiger partial charge in [0.1, 0.15) is 0 Å². The molecule has 28 heavy (non-hydrogen) atoms. The maximum atomic E-state index is 12.4. The Morgan fingerprint density at radius 2 is 1.89 bits per heavy atom. The summed E-state index contributed by atoms with van der Waals surface area (Å²) in [5, 5.41) is 6.23. The number of thiazole rings is 1. The van der Waals surface area contributed by atoms with Gasteiger partial charge in [0.05, 0.1) is 23.6 Å². The largest absolute Gasteiger partial charge is 0.325 e. The van der Waals surface area contributed by atoms with Crippen molar-refractivity contribution in [2.24, 2.45) is 0 Å². The highest BCUT2D eigenvalue weighted by Gasteiger charge is 2.19. The molecular weight excluding hydrogens is 372 g/mol. The van der Waals surface area contributed by atoms with Crippen molar-refractivity contribution < 1.29 is 4.79 Å². The van der Waals surface area contributed by atoms with E-state index < -0.39 is 0 Å². The molecule has 0 atom stereocenters. The predicted molar refractivity (Wildman–Crippen MR) is 111 cm³/mol. The van der Waals surface area contributed by atoms with Crippen LogP contribution < -0.4 is 5.32 Å². The number of amides is 1. The fourth-order valence-corrected chi connectivity index (χ4v) is 3.95. The van der Waals surface area contributed by atoms with E-state index in [0.717, 1.165) is 54.8 Å². The lowest BCUT2D eigenvalue weighted by molar-refractivity contribution is -0.117. The molecular formula is C20H24N6OS. The molecule has 0 bridgehead atoms. The molecule has 1 N–H and O–H groups in total. The Labute approximate surface area is 168 Å². The summed E-state index contributed by atoms with van der Waals surface area (Å²) in [7, 11) is 0. The van der Waals surface area contributed by atoms with E-state index in [4.69, 9.17) is 0 Å². The summed E-state index contributed by atoms with van der Waals surface area (Å²) in [5.41, 5.74) is 2.97. The summed E-state index contributed by atoms with van der Waals surface area (Å²) in [5.74, 6) is 0.0268. The van der Waals surface area contributed by atoms with Crippen LogP contribution in [0.2, 0.25) is 0 Å². The molecule has 1 fully saturated rings. The van der Waals surface area contributed by atoms with Gasteiger partial charge in [-0.15, -0.1) is 11.3 Å². The summed E-state index contributed by atoms with van der Waals surface area (Å²) in [6.45, 7) is 7.08. The molecule has 0 unspecified atom stereocenters. The first-order chi connectivity index (χ1) is 13.7. The van der Waals surface area contributed by atoms with E-state index in [1.165, 1.54) is 0 Å². The van der Waals surface area contributed by atoms with Crippen LogP contribution in [0.3, 0.4) is 0 Å². The molecule has 0 aliphatic carbocycles. The number of aryl methyl sites for hydroxylation is 1. The molecule has 7 nitrogen and oxygen atoms in total. The number of carbonyl (C=O) groups excluding carboxylic acids is 1. The van der Waals surface area contributed by atoms with Gasteiger partial charge in [0.25, 0.3) is 0 Å². The van der Waals surface area contributed by atoms with Crippen molar-refractivity contribution in [3.63, 3.8) is 0 Å². The van der Waals surface area contributed by atoms with E-state index in [2.05, 4.69) is 30.5 Å². The highest BCUT2D eigenvalue weighted by atomic mass is 32.1. The van der Waals surface area contributed by atoms with Gasteiger partial charge in [-0.3, -0.25) is 14.6 Å². The molecule has 0 spiro atoms. The number of rotatable bonds is 6. The van der Waals surface area contributed by atoms with Crippen molar-refractivity contribution in [1.82, 2.24) is 24.3 Å². The second-order valence-electron chi connectivity index (χ2n) is 6.98. The van der Waals surface area contributed by atoms with Crippen LogP contribution in [0.5, 0.6) is 0 Å². The van der Waals surface area contributed by atoms with Gasteiger partial charge < -0.3 is 9.88 Å². The number of hydrogen-bond acceptors (Lipinski definition) is 6. The zero-order valence-corrected chi connectivity index (χ0v) is 16.7. The lowest BCUT2D eigenvalue weighted by Crippen LogP contribution is -2.48. The summed E-state index contributed by atoms with van der Waals surface area (Å²) >= 11 is 1.70. The number of benzene rings is 1. The van der Waals surface area contributed by atoms with Gasteiger partial charge in [-0.2, -0.15) is 0 Å². The molecule has 1 aliphatic rings. The quantitative estimate of drug-likeness (QED) is 0.693. The van der Waals surface area contributed by atoms with Gasteiger partial charge in [0.2, 0.25) is 5.91 Å². The standard InChI is InChI=1S/C20H24N6OS/c1-16-22-18(14-28-16)12-24-8-10-25(11-9-24)13-20(27)23-17-2-4-19(5-3-17)26-7-6-21-15-26/h2-7,14-15H,8-13H2,1H3,(H,23,27). The average Bonchev–Trinajstić information content (AvgIpc) is 3.36. The second-order valence-corrected chi connectivity index (χ2v) is 8.04. The third kappa shape index (κ3) is 4.83. The van der Waals surface area contributed by atoms with Crippen LogP contribution in [-0.4, -0.2) is 63.0 Å². The molecule has 3 aromatic rings. The lowest BCUT2D eigenvalue weighted by atomic mass is 10.2. The topological polar surface area (TPSA) is 66.3 Å². The number of nitrogens with zero attached hydrogens (tertiary/aromatic N) is 5. The van der Waals surface area contributed by atoms with Crippen molar-refractivity contribution in [2.75, 3.05) is 38.0 Å². The van der Waals surface area contributed by atoms with Crippen molar-refractivity contribution in [1.29, 1.82) is 0 Å². The van der Waals surface area contributed by atoms with Crippen molar-refractivity contribution in [3.8, 4) is 5.69 Å². The zero-order valence-electron chi connectivity index (χ0n) is 15.9. The molecule has 1 amide bonds. The summed E-state index contributed by atoms with van der Waals surface area (Å²) < 4.78 is 1.93. The Bertz CT molecular complexity index is 897. The SMILES string of the molecule is Cc1nc(CN2CCN(CC(=O)Nc3ccc(-n4ccnc4)cc3)CC2)cs1. The first-order valence-electron chi connectivity index (χ1n) is 9.40. The van der Waals surface area contributed by atoms with Crippen LogP contribution in [0, 0.1) is 6.92 Å². The van der Waals surface area contributed by atoms with E-state index >= 15 is 0 Å². The lowest BCUT2D eigenvalue weighted by Gasteiger charge is -2.33. The normalized spacial score (nSPS) is 15.6. The minimum absolute atomic E-state index is 0.0268. The molecule has 1 aliphatic heterocycles. The molecule has 2 aromatic heterocycles. The fraction of sp³-hybridized carbons (Fsp3) is 0.350. The summed E-state index contributed by atoms with van der Waals surface area (Å²) in [4.78, 5) is 25.6. The summed E-state index contributed by atoms with van der Waals surface area (Å²) in [6.07, 6.45) is 5.39. The molecule has 146 valence electrons. The number of aromatic nitrogens is 3. The predicted octanol–water partition coefficient (Wildman–Crippen LogP) is 2.39. The smallest absolute Gasteiger partial charge is 0.238 e. The molecule has 0 radical (unpaired) electrons. The monoisotopic (exact) mass is 396 g/mol. The third-order valence-electron chi connectivity index (χ3n) is 4.84. The molecule has 8 heteroatoms. The number of hydrogen-bond donors (Lipinski definition) is 1. The van der Waals surface area contributed by atoms with Crippen molar-refractivity contribution in [2.45, 2.75) is 13.5 Å². The van der Waals surface area contributed by atoms with Crippen LogP contribution in [0.4, 0.5) is 5.69 Å². The Hall–Kier alpha value is -2.55. The van der Waals surface area contributed by atoms with E-state index in [1.54, 1.807) is 23.9 Å². The van der Waals surface area contributed by atoms with Crippen LogP contribution >= 0.6 is 11.3 Å². The number of imidazole rings is 1. The minimum Gasteiger partial charge on any atom is -0.325 e.